The number of nitrogens with two attached hydrogens (primary N) is 1. The van der Waals surface area contributed by atoms with Gasteiger partial charge in [-0.15, -0.1) is 0 Å². The first kappa shape index (κ1) is 13.6. The van der Waals surface area contributed by atoms with Crippen molar-refractivity contribution in [2.75, 3.05) is 11.9 Å². The van der Waals surface area contributed by atoms with Crippen LogP contribution < -0.4 is 11.1 Å². The molecule has 0 bridgehead atoms. The number of anilines is 1. The lowest BCUT2D eigenvalue weighted by Crippen LogP contribution is -2.14. The molecule has 20 heavy (non-hydrogen) atoms. The summed E-state index contributed by atoms with van der Waals surface area (Å²) in [7, 11) is 0. The monoisotopic (exact) mass is 270 g/mol. The van der Waals surface area contributed by atoms with Gasteiger partial charge in [-0.3, -0.25) is 4.79 Å². The Labute approximate surface area is 115 Å². The van der Waals surface area contributed by atoms with Crippen LogP contribution in [0.4, 0.5) is 10.1 Å². The van der Waals surface area contributed by atoms with E-state index in [1.54, 1.807) is 0 Å². The fraction of sp³-hybridized carbons (Fsp3) is 0.0714. The minimum atomic E-state index is -0.627. The van der Waals surface area contributed by atoms with Crippen LogP contribution >= 0.6 is 0 Å². The van der Waals surface area contributed by atoms with E-state index >= 15 is 0 Å². The summed E-state index contributed by atoms with van der Waals surface area (Å²) in [5, 5.41) is 2.51. The number of carbonyl (C=O) groups excluding carboxylic acids is 1. The molecule has 2 aromatic rings. The molecule has 0 aliphatic carbocycles. The second-order valence-corrected chi connectivity index (χ2v) is 3.78. The lowest BCUT2D eigenvalue weighted by atomic mass is 10.1. The first-order valence-corrected chi connectivity index (χ1v) is 5.75. The summed E-state index contributed by atoms with van der Waals surface area (Å²) in [6.45, 7) is 0.195. The highest BCUT2D eigenvalue weighted by Crippen LogP contribution is 2.12. The van der Waals surface area contributed by atoms with E-state index in [4.69, 9.17) is 5.73 Å². The van der Waals surface area contributed by atoms with E-state index in [0.29, 0.717) is 11.3 Å². The number of amides is 1. The molecule has 100 valence electrons. The van der Waals surface area contributed by atoms with Gasteiger partial charge in [0.15, 0.2) is 0 Å². The maximum atomic E-state index is 13.7. The quantitative estimate of drug-likeness (QED) is 0.803. The van der Waals surface area contributed by atoms with Gasteiger partial charge in [0.25, 0.3) is 5.91 Å². The SMILES string of the molecule is NCC#Cc1ccc(F)c(C(=O)Nc2cncnc2)c1. The Balaban J connectivity index is 2.25. The van der Waals surface area contributed by atoms with Gasteiger partial charge < -0.3 is 11.1 Å². The molecule has 1 aromatic heterocycles. The topological polar surface area (TPSA) is 80.9 Å². The summed E-state index contributed by atoms with van der Waals surface area (Å²) in [6, 6.07) is 4.05. The van der Waals surface area contributed by atoms with Gasteiger partial charge in [0.05, 0.1) is 30.2 Å². The average Bonchev–Trinajstić information content (AvgIpc) is 2.47. The van der Waals surface area contributed by atoms with Crippen molar-refractivity contribution in [1.82, 2.24) is 9.97 Å². The molecule has 1 aromatic carbocycles. The molecule has 6 heteroatoms. The average molecular weight is 270 g/mol. The van der Waals surface area contributed by atoms with E-state index in [-0.39, 0.29) is 12.1 Å². The van der Waals surface area contributed by atoms with Crippen LogP contribution in [0.1, 0.15) is 15.9 Å². The van der Waals surface area contributed by atoms with Gasteiger partial charge in [-0.05, 0) is 18.2 Å². The summed E-state index contributed by atoms with van der Waals surface area (Å²) < 4.78 is 13.7. The van der Waals surface area contributed by atoms with Crippen molar-refractivity contribution in [2.24, 2.45) is 5.73 Å². The Kier molecular flexibility index (Phi) is 4.37. The summed E-state index contributed by atoms with van der Waals surface area (Å²) in [5.41, 5.74) is 6.07. The minimum Gasteiger partial charge on any atom is -0.320 e. The number of rotatable bonds is 2. The zero-order chi connectivity index (χ0) is 14.4. The second-order valence-electron chi connectivity index (χ2n) is 3.78. The van der Waals surface area contributed by atoms with Crippen molar-refractivity contribution in [1.29, 1.82) is 0 Å². The fourth-order valence-electron chi connectivity index (χ4n) is 1.49. The Morgan fingerprint density at radius 2 is 2.10 bits per heavy atom. The van der Waals surface area contributed by atoms with Crippen LogP contribution in [-0.2, 0) is 0 Å². The highest BCUT2D eigenvalue weighted by atomic mass is 19.1. The first-order chi connectivity index (χ1) is 9.70. The van der Waals surface area contributed by atoms with Crippen LogP contribution in [0.25, 0.3) is 0 Å². The molecule has 1 amide bonds. The zero-order valence-corrected chi connectivity index (χ0v) is 10.4. The van der Waals surface area contributed by atoms with E-state index in [9.17, 15) is 9.18 Å². The molecular formula is C14H11FN4O. The molecular weight excluding hydrogens is 259 g/mol. The van der Waals surface area contributed by atoms with Crippen molar-refractivity contribution in [2.45, 2.75) is 0 Å². The van der Waals surface area contributed by atoms with Crippen molar-refractivity contribution in [3.05, 3.63) is 53.9 Å². The number of halogens is 1. The molecule has 0 atom stereocenters. The second kappa shape index (κ2) is 6.41. The third-order valence-corrected chi connectivity index (χ3v) is 2.36. The molecule has 0 saturated carbocycles. The molecule has 3 N–H and O–H groups in total. The van der Waals surface area contributed by atoms with Crippen LogP contribution in [0.5, 0.6) is 0 Å². The van der Waals surface area contributed by atoms with Crippen molar-refractivity contribution >= 4 is 11.6 Å². The molecule has 2 rings (SSSR count). The largest absolute Gasteiger partial charge is 0.320 e. The number of hydrogen-bond donors (Lipinski definition) is 2. The highest BCUT2D eigenvalue weighted by molar-refractivity contribution is 6.04. The number of carbonyl (C=O) groups is 1. The lowest BCUT2D eigenvalue weighted by Gasteiger charge is -2.05. The summed E-state index contributed by atoms with van der Waals surface area (Å²) >= 11 is 0. The third-order valence-electron chi connectivity index (χ3n) is 2.36. The van der Waals surface area contributed by atoms with E-state index < -0.39 is 11.7 Å². The summed E-state index contributed by atoms with van der Waals surface area (Å²) in [6.07, 6.45) is 4.17. The van der Waals surface area contributed by atoms with E-state index in [1.165, 1.54) is 36.9 Å². The van der Waals surface area contributed by atoms with Gasteiger partial charge in [-0.25, -0.2) is 14.4 Å². The molecule has 1 heterocycles. The maximum Gasteiger partial charge on any atom is 0.258 e. The number of hydrogen-bond acceptors (Lipinski definition) is 4. The van der Waals surface area contributed by atoms with Gasteiger partial charge in [-0.1, -0.05) is 11.8 Å². The molecule has 5 nitrogen and oxygen atoms in total. The Hall–Kier alpha value is -2.78. The maximum absolute atomic E-state index is 13.7. The number of nitrogens with one attached hydrogen (secondary N) is 1. The van der Waals surface area contributed by atoms with Crippen molar-refractivity contribution in [3.8, 4) is 11.8 Å². The Morgan fingerprint density at radius 1 is 1.35 bits per heavy atom. The van der Waals surface area contributed by atoms with Crippen molar-refractivity contribution < 1.29 is 9.18 Å². The van der Waals surface area contributed by atoms with Crippen LogP contribution in [-0.4, -0.2) is 22.4 Å². The summed E-state index contributed by atoms with van der Waals surface area (Å²) in [5.74, 6) is 4.17. The zero-order valence-electron chi connectivity index (χ0n) is 10.4. The number of aromatic nitrogens is 2. The van der Waals surface area contributed by atoms with Gasteiger partial charge in [0.1, 0.15) is 12.1 Å². The minimum absolute atomic E-state index is 0.0994. The third kappa shape index (κ3) is 3.37. The normalized spacial score (nSPS) is 9.50. The van der Waals surface area contributed by atoms with Gasteiger partial charge in [0.2, 0.25) is 0 Å². The van der Waals surface area contributed by atoms with Crippen molar-refractivity contribution in [3.63, 3.8) is 0 Å². The first-order valence-electron chi connectivity index (χ1n) is 5.75. The van der Waals surface area contributed by atoms with Crippen LogP contribution in [0, 0.1) is 17.7 Å². The Bertz CT molecular complexity index is 677. The molecule has 0 aliphatic rings. The van der Waals surface area contributed by atoms with Crippen LogP contribution in [0.3, 0.4) is 0 Å². The predicted octanol–water partition coefficient (Wildman–Crippen LogP) is 1.18. The number of benzene rings is 1. The molecule has 0 spiro atoms. The smallest absolute Gasteiger partial charge is 0.258 e. The van der Waals surface area contributed by atoms with Gasteiger partial charge >= 0.3 is 0 Å². The molecule has 0 aliphatic heterocycles. The van der Waals surface area contributed by atoms with Gasteiger partial charge in [0, 0.05) is 5.56 Å². The molecule has 0 radical (unpaired) electrons. The molecule has 0 fully saturated rings. The standard InChI is InChI=1S/C14H11FN4O/c15-13-4-3-10(2-1-5-16)6-12(13)14(20)19-11-7-17-9-18-8-11/h3-4,6-9H,5,16H2,(H,19,20). The number of nitrogens with zero attached hydrogens (tertiary/aromatic N) is 2. The fourth-order valence-corrected chi connectivity index (χ4v) is 1.49. The van der Waals surface area contributed by atoms with E-state index in [2.05, 4.69) is 27.1 Å². The lowest BCUT2D eigenvalue weighted by molar-refractivity contribution is 0.102. The highest BCUT2D eigenvalue weighted by Gasteiger charge is 2.12. The van der Waals surface area contributed by atoms with Crippen LogP contribution in [0.2, 0.25) is 0 Å². The van der Waals surface area contributed by atoms with E-state index in [1.807, 2.05) is 0 Å². The van der Waals surface area contributed by atoms with Gasteiger partial charge in [-0.2, -0.15) is 0 Å². The predicted molar refractivity (Wildman–Crippen MR) is 72.3 cm³/mol. The molecule has 0 saturated heterocycles. The Morgan fingerprint density at radius 3 is 2.80 bits per heavy atom. The van der Waals surface area contributed by atoms with Crippen LogP contribution in [0.15, 0.2) is 36.9 Å². The molecule has 0 unspecified atom stereocenters. The summed E-state index contributed by atoms with van der Waals surface area (Å²) in [4.78, 5) is 19.5. The van der Waals surface area contributed by atoms with E-state index in [0.717, 1.165) is 0 Å².